The fourth-order valence-electron chi connectivity index (χ4n) is 2.33. The Morgan fingerprint density at radius 2 is 2.11 bits per heavy atom. The number of nitrogens with one attached hydrogen (secondary N) is 1. The third kappa shape index (κ3) is 3.67. The molecule has 0 unspecified atom stereocenters. The van der Waals surface area contributed by atoms with Gasteiger partial charge in [0.2, 0.25) is 10.0 Å². The van der Waals surface area contributed by atoms with Gasteiger partial charge in [0.25, 0.3) is 0 Å². The Morgan fingerprint density at radius 1 is 1.39 bits per heavy atom. The van der Waals surface area contributed by atoms with Crippen molar-refractivity contribution in [2.75, 3.05) is 6.54 Å². The van der Waals surface area contributed by atoms with Crippen molar-refractivity contribution in [3.63, 3.8) is 0 Å². The van der Waals surface area contributed by atoms with Crippen LogP contribution in [0.1, 0.15) is 32.1 Å². The van der Waals surface area contributed by atoms with E-state index in [4.69, 9.17) is 11.6 Å². The molecule has 1 aromatic heterocycles. The van der Waals surface area contributed by atoms with E-state index in [1.807, 2.05) is 0 Å². The highest BCUT2D eigenvalue weighted by Gasteiger charge is 2.17. The lowest BCUT2D eigenvalue weighted by atomic mass is 10.1. The lowest BCUT2D eigenvalue weighted by Gasteiger charge is -2.10. The monoisotopic (exact) mass is 288 g/mol. The number of hydrogen-bond acceptors (Lipinski definition) is 3. The SMILES string of the molecule is O=S(=O)(NCCC1CCCC1)c1ccnc(Cl)c1. The molecule has 0 bridgehead atoms. The van der Waals surface area contributed by atoms with Crippen molar-refractivity contribution < 1.29 is 8.42 Å². The van der Waals surface area contributed by atoms with Crippen LogP contribution in [0.25, 0.3) is 0 Å². The van der Waals surface area contributed by atoms with Gasteiger partial charge in [-0.3, -0.25) is 0 Å². The predicted octanol–water partition coefficient (Wildman–Crippen LogP) is 2.59. The molecule has 100 valence electrons. The van der Waals surface area contributed by atoms with E-state index in [-0.39, 0.29) is 10.0 Å². The molecule has 0 amide bonds. The summed E-state index contributed by atoms with van der Waals surface area (Å²) < 4.78 is 26.5. The van der Waals surface area contributed by atoms with Crippen LogP contribution < -0.4 is 4.72 Å². The second-order valence-corrected chi connectivity index (χ2v) is 6.81. The minimum Gasteiger partial charge on any atom is -0.244 e. The summed E-state index contributed by atoms with van der Waals surface area (Å²) in [6, 6.07) is 2.81. The summed E-state index contributed by atoms with van der Waals surface area (Å²) in [5, 5.41) is 0.189. The van der Waals surface area contributed by atoms with E-state index in [0.29, 0.717) is 12.5 Å². The summed E-state index contributed by atoms with van der Waals surface area (Å²) in [5.41, 5.74) is 0. The number of sulfonamides is 1. The molecular weight excluding hydrogens is 272 g/mol. The fourth-order valence-corrected chi connectivity index (χ4v) is 3.63. The van der Waals surface area contributed by atoms with Crippen LogP contribution in [0.3, 0.4) is 0 Å². The van der Waals surface area contributed by atoms with E-state index in [0.717, 1.165) is 6.42 Å². The number of pyridine rings is 1. The molecule has 1 N–H and O–H groups in total. The smallest absolute Gasteiger partial charge is 0.240 e. The highest BCUT2D eigenvalue weighted by atomic mass is 35.5. The topological polar surface area (TPSA) is 59.1 Å². The lowest BCUT2D eigenvalue weighted by molar-refractivity contribution is 0.495. The first-order valence-electron chi connectivity index (χ1n) is 6.19. The van der Waals surface area contributed by atoms with Crippen LogP contribution in [-0.4, -0.2) is 19.9 Å². The normalized spacial score (nSPS) is 17.2. The number of hydrogen-bond donors (Lipinski definition) is 1. The molecule has 1 aliphatic rings. The van der Waals surface area contributed by atoms with Gasteiger partial charge in [0.15, 0.2) is 0 Å². The van der Waals surface area contributed by atoms with Gasteiger partial charge in [-0.15, -0.1) is 0 Å². The maximum atomic E-state index is 12.0. The molecule has 1 aromatic rings. The maximum absolute atomic E-state index is 12.0. The molecule has 18 heavy (non-hydrogen) atoms. The largest absolute Gasteiger partial charge is 0.244 e. The molecule has 1 heterocycles. The van der Waals surface area contributed by atoms with E-state index in [2.05, 4.69) is 9.71 Å². The van der Waals surface area contributed by atoms with Crippen molar-refractivity contribution in [3.8, 4) is 0 Å². The molecule has 1 saturated carbocycles. The van der Waals surface area contributed by atoms with Gasteiger partial charge in [-0.05, 0) is 24.5 Å². The fraction of sp³-hybridized carbons (Fsp3) is 0.583. The Bertz CT molecular complexity index is 499. The Balaban J connectivity index is 1.90. The third-order valence-corrected chi connectivity index (χ3v) is 4.99. The standard InChI is InChI=1S/C12H17ClN2O2S/c13-12-9-11(6-7-14-12)18(16,17)15-8-5-10-3-1-2-4-10/h6-7,9-10,15H,1-5,8H2. The van der Waals surface area contributed by atoms with Crippen molar-refractivity contribution in [2.45, 2.75) is 37.0 Å². The minimum atomic E-state index is -3.45. The van der Waals surface area contributed by atoms with Crippen LogP contribution in [0, 0.1) is 5.92 Å². The van der Waals surface area contributed by atoms with Gasteiger partial charge in [-0.1, -0.05) is 37.3 Å². The summed E-state index contributed by atoms with van der Waals surface area (Å²) in [7, 11) is -3.45. The second kappa shape index (κ2) is 5.99. The number of rotatable bonds is 5. The van der Waals surface area contributed by atoms with Crippen molar-refractivity contribution in [3.05, 3.63) is 23.5 Å². The van der Waals surface area contributed by atoms with Gasteiger partial charge < -0.3 is 0 Å². The summed E-state index contributed by atoms with van der Waals surface area (Å²) in [5.74, 6) is 0.675. The van der Waals surface area contributed by atoms with Gasteiger partial charge >= 0.3 is 0 Å². The van der Waals surface area contributed by atoms with Gasteiger partial charge in [-0.2, -0.15) is 0 Å². The van der Waals surface area contributed by atoms with Crippen LogP contribution >= 0.6 is 11.6 Å². The van der Waals surface area contributed by atoms with Gasteiger partial charge in [0.1, 0.15) is 5.15 Å². The zero-order valence-corrected chi connectivity index (χ0v) is 11.7. The number of aromatic nitrogens is 1. The Hall–Kier alpha value is -0.650. The molecule has 0 aliphatic heterocycles. The average molecular weight is 289 g/mol. The molecule has 6 heteroatoms. The molecule has 0 atom stereocenters. The summed E-state index contributed by atoms with van der Waals surface area (Å²) in [6.45, 7) is 0.493. The first kappa shape index (κ1) is 13.8. The molecular formula is C12H17ClN2O2S. The highest BCUT2D eigenvalue weighted by molar-refractivity contribution is 7.89. The van der Waals surface area contributed by atoms with Crippen molar-refractivity contribution in [1.82, 2.24) is 9.71 Å². The molecule has 0 saturated heterocycles. The van der Waals surface area contributed by atoms with Crippen molar-refractivity contribution in [1.29, 1.82) is 0 Å². The summed E-state index contributed by atoms with van der Waals surface area (Å²) >= 11 is 5.69. The van der Waals surface area contributed by atoms with E-state index in [1.54, 1.807) is 0 Å². The van der Waals surface area contributed by atoms with Crippen LogP contribution in [0.15, 0.2) is 23.2 Å². The highest BCUT2D eigenvalue weighted by Crippen LogP contribution is 2.27. The second-order valence-electron chi connectivity index (χ2n) is 4.65. The van der Waals surface area contributed by atoms with Crippen LogP contribution in [-0.2, 0) is 10.0 Å². The molecule has 2 rings (SSSR count). The quantitative estimate of drug-likeness (QED) is 0.847. The number of nitrogens with zero attached hydrogens (tertiary/aromatic N) is 1. The van der Waals surface area contributed by atoms with Crippen molar-refractivity contribution in [2.24, 2.45) is 5.92 Å². The zero-order valence-electron chi connectivity index (χ0n) is 10.1. The molecule has 4 nitrogen and oxygen atoms in total. The van der Waals surface area contributed by atoms with Gasteiger partial charge in [-0.25, -0.2) is 18.1 Å². The zero-order chi connectivity index (χ0) is 13.0. The maximum Gasteiger partial charge on any atom is 0.240 e. The van der Waals surface area contributed by atoms with Gasteiger partial charge in [0, 0.05) is 12.7 Å². The minimum absolute atomic E-state index is 0.175. The first-order valence-corrected chi connectivity index (χ1v) is 8.05. The predicted molar refractivity (Wildman–Crippen MR) is 71.0 cm³/mol. The Kier molecular flexibility index (Phi) is 4.59. The Labute approximate surface area is 113 Å². The van der Waals surface area contributed by atoms with E-state index >= 15 is 0 Å². The van der Waals surface area contributed by atoms with E-state index in [1.165, 1.54) is 44.0 Å². The van der Waals surface area contributed by atoms with E-state index < -0.39 is 10.0 Å². The van der Waals surface area contributed by atoms with Crippen LogP contribution in [0.4, 0.5) is 0 Å². The average Bonchev–Trinajstić information content (AvgIpc) is 2.82. The lowest BCUT2D eigenvalue weighted by Crippen LogP contribution is -2.26. The first-order chi connectivity index (χ1) is 8.58. The van der Waals surface area contributed by atoms with E-state index in [9.17, 15) is 8.42 Å². The van der Waals surface area contributed by atoms with Gasteiger partial charge in [0.05, 0.1) is 4.90 Å². The molecule has 1 fully saturated rings. The molecule has 0 radical (unpaired) electrons. The van der Waals surface area contributed by atoms with Crippen LogP contribution in [0.2, 0.25) is 5.15 Å². The van der Waals surface area contributed by atoms with Crippen LogP contribution in [0.5, 0.6) is 0 Å². The Morgan fingerprint density at radius 3 is 2.78 bits per heavy atom. The summed E-state index contributed by atoms with van der Waals surface area (Å²) in [4.78, 5) is 3.94. The molecule has 1 aliphatic carbocycles. The summed E-state index contributed by atoms with van der Waals surface area (Å²) in [6.07, 6.45) is 7.31. The molecule has 0 spiro atoms. The third-order valence-electron chi connectivity index (χ3n) is 3.33. The number of halogens is 1. The molecule has 0 aromatic carbocycles. The van der Waals surface area contributed by atoms with Crippen molar-refractivity contribution >= 4 is 21.6 Å².